The second kappa shape index (κ2) is 4.51. The normalized spacial score (nSPS) is 23.2. The third kappa shape index (κ3) is 2.67. The van der Waals surface area contributed by atoms with Gasteiger partial charge in [0.15, 0.2) is 0 Å². The van der Waals surface area contributed by atoms with E-state index in [-0.39, 0.29) is 5.04 Å². The molecule has 1 atom stereocenters. The number of rotatable bonds is 3. The highest BCUT2D eigenvalue weighted by molar-refractivity contribution is 6.74. The van der Waals surface area contributed by atoms with Crippen LogP contribution in [0.1, 0.15) is 34.1 Å². The van der Waals surface area contributed by atoms with E-state index in [0.717, 1.165) is 6.42 Å². The highest BCUT2D eigenvalue weighted by atomic mass is 28.4. The van der Waals surface area contributed by atoms with E-state index in [1.54, 1.807) is 0 Å². The summed E-state index contributed by atoms with van der Waals surface area (Å²) in [4.78, 5) is 0. The summed E-state index contributed by atoms with van der Waals surface area (Å²) in [6, 6.07) is 0.388. The number of hydrogen-bond donors (Lipinski definition) is 0. The molecule has 0 spiro atoms. The van der Waals surface area contributed by atoms with E-state index < -0.39 is 8.32 Å². The molecule has 0 aromatic rings. The van der Waals surface area contributed by atoms with Crippen LogP contribution in [0.25, 0.3) is 0 Å². The Morgan fingerprint density at radius 1 is 1.31 bits per heavy atom. The molecular weight excluding hydrogens is 216 g/mol. The molecule has 0 N–H and O–H groups in total. The Morgan fingerprint density at radius 2 is 1.88 bits per heavy atom. The van der Waals surface area contributed by atoms with Gasteiger partial charge in [-0.3, -0.25) is 5.01 Å². The van der Waals surface area contributed by atoms with Gasteiger partial charge in [-0.15, -0.1) is 5.17 Å². The number of hydroxylamine groups is 1. The van der Waals surface area contributed by atoms with Crippen LogP contribution >= 0.6 is 0 Å². The molecule has 0 bridgehead atoms. The summed E-state index contributed by atoms with van der Waals surface area (Å²) in [5, 5.41) is 4.33. The SMILES string of the molecule is CCC1C=CN(C)N1O[Si](C)(C)C(C)(C)C. The maximum absolute atomic E-state index is 6.31. The Labute approximate surface area is 101 Å². The smallest absolute Gasteiger partial charge is 0.222 e. The first-order valence-corrected chi connectivity index (χ1v) is 8.99. The summed E-state index contributed by atoms with van der Waals surface area (Å²) in [5.74, 6) is 0. The molecule has 4 heteroatoms. The number of nitrogens with zero attached hydrogens (tertiary/aromatic N) is 2. The highest BCUT2D eigenvalue weighted by Crippen LogP contribution is 2.38. The second-order valence-corrected chi connectivity index (χ2v) is 10.7. The first kappa shape index (κ1) is 13.7. The van der Waals surface area contributed by atoms with Gasteiger partial charge in [-0.05, 0) is 30.6 Å². The zero-order valence-electron chi connectivity index (χ0n) is 11.7. The molecule has 0 amide bonds. The molecule has 0 radical (unpaired) electrons. The van der Waals surface area contributed by atoms with Gasteiger partial charge in [-0.2, -0.15) is 0 Å². The maximum Gasteiger partial charge on any atom is 0.222 e. The van der Waals surface area contributed by atoms with Gasteiger partial charge < -0.3 is 4.53 Å². The van der Waals surface area contributed by atoms with Crippen molar-refractivity contribution >= 4 is 8.32 Å². The number of hydrogen-bond acceptors (Lipinski definition) is 3. The molecule has 1 rings (SSSR count). The summed E-state index contributed by atoms with van der Waals surface area (Å²) in [7, 11) is 0.315. The molecule has 0 aliphatic carbocycles. The zero-order valence-corrected chi connectivity index (χ0v) is 12.7. The average Bonchev–Trinajstić information content (AvgIpc) is 2.45. The summed E-state index contributed by atoms with van der Waals surface area (Å²) in [6.07, 6.45) is 5.36. The third-order valence-corrected chi connectivity index (χ3v) is 7.92. The van der Waals surface area contributed by atoms with Crippen LogP contribution in [0, 0.1) is 0 Å². The maximum atomic E-state index is 6.31. The van der Waals surface area contributed by atoms with Crippen molar-refractivity contribution in [1.29, 1.82) is 0 Å². The van der Waals surface area contributed by atoms with Crippen LogP contribution in [0.2, 0.25) is 18.1 Å². The predicted octanol–water partition coefficient (Wildman–Crippen LogP) is 3.38. The van der Waals surface area contributed by atoms with Gasteiger partial charge in [0.25, 0.3) is 0 Å². The number of hydrazine groups is 1. The van der Waals surface area contributed by atoms with Crippen LogP contribution in [0.3, 0.4) is 0 Å². The van der Waals surface area contributed by atoms with Crippen molar-refractivity contribution in [2.75, 3.05) is 7.05 Å². The Hall–Kier alpha value is -0.323. The minimum atomic E-state index is -1.73. The molecule has 16 heavy (non-hydrogen) atoms. The highest BCUT2D eigenvalue weighted by Gasteiger charge is 2.42. The molecule has 94 valence electrons. The zero-order chi connectivity index (χ0) is 12.6. The molecule has 1 heterocycles. The lowest BCUT2D eigenvalue weighted by Crippen LogP contribution is -2.51. The van der Waals surface area contributed by atoms with Crippen LogP contribution in [0.15, 0.2) is 12.3 Å². The van der Waals surface area contributed by atoms with Crippen molar-refractivity contribution in [3.05, 3.63) is 12.3 Å². The van der Waals surface area contributed by atoms with E-state index in [9.17, 15) is 0 Å². The van der Waals surface area contributed by atoms with Gasteiger partial charge in [0.2, 0.25) is 8.32 Å². The molecule has 0 saturated heterocycles. The molecule has 0 aromatic heterocycles. The van der Waals surface area contributed by atoms with Crippen molar-refractivity contribution < 1.29 is 4.53 Å². The van der Waals surface area contributed by atoms with Crippen molar-refractivity contribution in [3.63, 3.8) is 0 Å². The van der Waals surface area contributed by atoms with Gasteiger partial charge >= 0.3 is 0 Å². The van der Waals surface area contributed by atoms with Crippen LogP contribution in [-0.2, 0) is 4.53 Å². The molecule has 1 aliphatic rings. The fourth-order valence-corrected chi connectivity index (χ4v) is 2.40. The molecule has 0 saturated carbocycles. The summed E-state index contributed by atoms with van der Waals surface area (Å²) in [6.45, 7) is 13.6. The topological polar surface area (TPSA) is 15.7 Å². The monoisotopic (exact) mass is 242 g/mol. The van der Waals surface area contributed by atoms with Gasteiger partial charge in [-0.1, -0.05) is 27.7 Å². The minimum Gasteiger partial charge on any atom is -0.324 e. The quantitative estimate of drug-likeness (QED) is 0.706. The lowest BCUT2D eigenvalue weighted by molar-refractivity contribution is -0.204. The fourth-order valence-electron chi connectivity index (χ4n) is 1.39. The Kier molecular flexibility index (Phi) is 3.87. The predicted molar refractivity (Wildman–Crippen MR) is 71.1 cm³/mol. The van der Waals surface area contributed by atoms with Crippen LogP contribution in [-0.4, -0.2) is 31.6 Å². The van der Waals surface area contributed by atoms with E-state index >= 15 is 0 Å². The van der Waals surface area contributed by atoms with Gasteiger partial charge in [0.1, 0.15) is 0 Å². The summed E-state index contributed by atoms with van der Waals surface area (Å²) >= 11 is 0. The molecule has 0 fully saturated rings. The van der Waals surface area contributed by atoms with Crippen LogP contribution < -0.4 is 0 Å². The first-order chi connectivity index (χ1) is 7.19. The molecule has 0 aromatic carbocycles. The first-order valence-electron chi connectivity index (χ1n) is 6.08. The Bertz CT molecular complexity index is 271. The largest absolute Gasteiger partial charge is 0.324 e. The average molecular weight is 242 g/mol. The van der Waals surface area contributed by atoms with Crippen LogP contribution in [0.5, 0.6) is 0 Å². The standard InChI is InChI=1S/C12H26N2OSi/c1-8-11-9-10-13(5)14(11)15-16(6,7)12(2,3)4/h9-11H,8H2,1-7H3. The third-order valence-electron chi connectivity index (χ3n) is 3.66. The van der Waals surface area contributed by atoms with E-state index in [1.807, 2.05) is 12.2 Å². The molecular formula is C12H26N2OSi. The van der Waals surface area contributed by atoms with Gasteiger partial charge in [0.05, 0.1) is 6.04 Å². The molecule has 1 aliphatic heterocycles. The lowest BCUT2D eigenvalue weighted by Gasteiger charge is -2.42. The van der Waals surface area contributed by atoms with Crippen molar-refractivity contribution in [3.8, 4) is 0 Å². The summed E-state index contributed by atoms with van der Waals surface area (Å²) in [5.41, 5.74) is 0. The van der Waals surface area contributed by atoms with E-state index in [4.69, 9.17) is 4.53 Å². The van der Waals surface area contributed by atoms with Gasteiger partial charge in [-0.25, -0.2) is 0 Å². The second-order valence-electron chi connectivity index (χ2n) is 6.04. The van der Waals surface area contributed by atoms with E-state index in [0.29, 0.717) is 6.04 Å². The van der Waals surface area contributed by atoms with Crippen LogP contribution in [0.4, 0.5) is 0 Å². The van der Waals surface area contributed by atoms with Crippen molar-refractivity contribution in [1.82, 2.24) is 10.2 Å². The minimum absolute atomic E-state index is 0.245. The van der Waals surface area contributed by atoms with E-state index in [1.165, 1.54) is 0 Å². The van der Waals surface area contributed by atoms with Crippen molar-refractivity contribution in [2.45, 2.75) is 58.3 Å². The van der Waals surface area contributed by atoms with E-state index in [2.05, 4.69) is 58.1 Å². The summed E-state index contributed by atoms with van der Waals surface area (Å²) < 4.78 is 6.31. The lowest BCUT2D eigenvalue weighted by atomic mass is 10.2. The Morgan fingerprint density at radius 3 is 2.31 bits per heavy atom. The molecule has 1 unspecified atom stereocenters. The molecule has 3 nitrogen and oxygen atoms in total. The van der Waals surface area contributed by atoms with Crippen molar-refractivity contribution in [2.24, 2.45) is 0 Å². The Balaban J connectivity index is 2.74. The fraction of sp³-hybridized carbons (Fsp3) is 0.833. The van der Waals surface area contributed by atoms with Gasteiger partial charge in [0, 0.05) is 13.2 Å².